The number of fused-ring (bicyclic) bond motifs is 2. The Bertz CT molecular complexity index is 1380. The van der Waals surface area contributed by atoms with Crippen LogP contribution in [0.15, 0.2) is 42.6 Å². The number of aryl methyl sites for hydroxylation is 2. The van der Waals surface area contributed by atoms with Gasteiger partial charge in [-0.15, -0.1) is 5.10 Å². The number of hydrogen-bond acceptors (Lipinski definition) is 7. The van der Waals surface area contributed by atoms with Crippen LogP contribution in [0.1, 0.15) is 39.2 Å². The molecule has 34 heavy (non-hydrogen) atoms. The Kier molecular flexibility index (Phi) is 4.99. The third kappa shape index (κ3) is 3.88. The largest absolute Gasteiger partial charge is 0.337 e. The maximum atomic E-state index is 13.1. The Balaban J connectivity index is 1.12. The van der Waals surface area contributed by atoms with Crippen LogP contribution in [0.3, 0.4) is 0 Å². The molecule has 0 spiro atoms. The Morgan fingerprint density at radius 1 is 1.12 bits per heavy atom. The van der Waals surface area contributed by atoms with Gasteiger partial charge in [0, 0.05) is 55.2 Å². The number of nitrogens with zero attached hydrogens (tertiary/aromatic N) is 6. The number of aromatic amines is 1. The molecule has 6 rings (SSSR count). The molecule has 4 aromatic rings. The SMILES string of the molecule is Cc1cc(C)cc(Nc2ncc3c(n2)CN(C2CCN(C(=O)c4ccc5[nH]nnc5c4)C2)C3)c1. The standard InChI is InChI=1S/C25H26N8O/c1-15-7-16(2)9-19(8-15)27-25-26-11-18-12-33(14-23(18)28-25)20-5-6-32(13-20)24(34)17-3-4-21-22(10-17)30-31-29-21/h3-4,7-11,20H,5-6,12-14H2,1-2H3,(H,26,27,28)(H,29,30,31). The molecular weight excluding hydrogens is 428 g/mol. The molecular formula is C25H26N8O. The molecule has 0 radical (unpaired) electrons. The number of carbonyl (C=O) groups excluding carboxylic acids is 1. The van der Waals surface area contributed by atoms with Crippen LogP contribution in [0.4, 0.5) is 11.6 Å². The molecule has 1 saturated heterocycles. The van der Waals surface area contributed by atoms with Gasteiger partial charge in [-0.05, 0) is 61.7 Å². The van der Waals surface area contributed by atoms with Gasteiger partial charge in [0.25, 0.3) is 5.91 Å². The zero-order valence-electron chi connectivity index (χ0n) is 19.2. The number of carbonyl (C=O) groups is 1. The van der Waals surface area contributed by atoms with Gasteiger partial charge < -0.3 is 10.2 Å². The van der Waals surface area contributed by atoms with Crippen molar-refractivity contribution >= 4 is 28.6 Å². The summed E-state index contributed by atoms with van der Waals surface area (Å²) < 4.78 is 0. The third-order valence-electron chi connectivity index (χ3n) is 6.70. The van der Waals surface area contributed by atoms with Crippen LogP contribution in [0, 0.1) is 13.8 Å². The van der Waals surface area contributed by atoms with Crippen molar-refractivity contribution in [3.63, 3.8) is 0 Å². The van der Waals surface area contributed by atoms with Crippen LogP contribution in [0.2, 0.25) is 0 Å². The van der Waals surface area contributed by atoms with Crippen molar-refractivity contribution in [3.05, 3.63) is 70.5 Å². The van der Waals surface area contributed by atoms with E-state index >= 15 is 0 Å². The molecule has 2 aromatic heterocycles. The molecule has 0 aliphatic carbocycles. The van der Waals surface area contributed by atoms with Crippen molar-refractivity contribution in [2.75, 3.05) is 18.4 Å². The first-order valence-corrected chi connectivity index (χ1v) is 11.6. The molecule has 9 nitrogen and oxygen atoms in total. The second-order valence-corrected chi connectivity index (χ2v) is 9.31. The monoisotopic (exact) mass is 454 g/mol. The third-order valence-corrected chi connectivity index (χ3v) is 6.70. The molecule has 1 fully saturated rings. The van der Waals surface area contributed by atoms with E-state index in [1.54, 1.807) is 6.07 Å². The quantitative estimate of drug-likeness (QED) is 0.487. The highest BCUT2D eigenvalue weighted by Gasteiger charge is 2.34. The van der Waals surface area contributed by atoms with Gasteiger partial charge in [-0.3, -0.25) is 14.8 Å². The van der Waals surface area contributed by atoms with E-state index in [0.717, 1.165) is 48.5 Å². The Morgan fingerprint density at radius 2 is 1.97 bits per heavy atom. The minimum absolute atomic E-state index is 0.0452. The summed E-state index contributed by atoms with van der Waals surface area (Å²) in [6.45, 7) is 7.22. The van der Waals surface area contributed by atoms with E-state index in [-0.39, 0.29) is 5.91 Å². The van der Waals surface area contributed by atoms with E-state index < -0.39 is 0 Å². The van der Waals surface area contributed by atoms with Crippen molar-refractivity contribution < 1.29 is 4.79 Å². The molecule has 2 aromatic carbocycles. The number of amides is 1. The molecule has 4 heterocycles. The van der Waals surface area contributed by atoms with Crippen molar-refractivity contribution in [1.82, 2.24) is 35.2 Å². The average molecular weight is 455 g/mol. The lowest BCUT2D eigenvalue weighted by atomic mass is 10.1. The second kappa shape index (κ2) is 8.18. The highest BCUT2D eigenvalue weighted by molar-refractivity contribution is 5.97. The second-order valence-electron chi connectivity index (χ2n) is 9.31. The summed E-state index contributed by atoms with van der Waals surface area (Å²) in [7, 11) is 0. The fraction of sp³-hybridized carbons (Fsp3) is 0.320. The summed E-state index contributed by atoms with van der Waals surface area (Å²) >= 11 is 0. The average Bonchev–Trinajstić information content (AvgIpc) is 3.55. The Morgan fingerprint density at radius 3 is 2.82 bits per heavy atom. The molecule has 1 atom stereocenters. The van der Waals surface area contributed by atoms with Crippen molar-refractivity contribution in [3.8, 4) is 0 Å². The van der Waals surface area contributed by atoms with Gasteiger partial charge in [-0.25, -0.2) is 9.97 Å². The van der Waals surface area contributed by atoms with Gasteiger partial charge >= 0.3 is 0 Å². The summed E-state index contributed by atoms with van der Waals surface area (Å²) in [4.78, 5) is 26.8. The van der Waals surface area contributed by atoms with Crippen LogP contribution in [0.5, 0.6) is 0 Å². The summed E-state index contributed by atoms with van der Waals surface area (Å²) in [5.41, 5.74) is 7.82. The maximum Gasteiger partial charge on any atom is 0.253 e. The van der Waals surface area contributed by atoms with Gasteiger partial charge in [0.2, 0.25) is 5.95 Å². The van der Waals surface area contributed by atoms with E-state index in [1.807, 2.05) is 23.2 Å². The highest BCUT2D eigenvalue weighted by Crippen LogP contribution is 2.29. The predicted octanol–water partition coefficient (Wildman–Crippen LogP) is 3.34. The van der Waals surface area contributed by atoms with Gasteiger partial charge in [0.15, 0.2) is 0 Å². The number of rotatable bonds is 4. The van der Waals surface area contributed by atoms with Gasteiger partial charge in [-0.1, -0.05) is 11.3 Å². The van der Waals surface area contributed by atoms with E-state index in [0.29, 0.717) is 29.6 Å². The first-order valence-electron chi connectivity index (χ1n) is 11.6. The van der Waals surface area contributed by atoms with Gasteiger partial charge in [0.05, 0.1) is 11.2 Å². The number of likely N-dealkylation sites (tertiary alicyclic amines) is 1. The molecule has 2 N–H and O–H groups in total. The molecule has 0 bridgehead atoms. The first kappa shape index (κ1) is 20.7. The molecule has 2 aliphatic heterocycles. The zero-order valence-corrected chi connectivity index (χ0v) is 19.2. The van der Waals surface area contributed by atoms with Gasteiger partial charge in [-0.2, -0.15) is 0 Å². The fourth-order valence-electron chi connectivity index (χ4n) is 5.05. The number of H-pyrrole nitrogens is 1. The molecule has 0 saturated carbocycles. The number of nitrogens with one attached hydrogen (secondary N) is 2. The smallest absolute Gasteiger partial charge is 0.253 e. The Labute approximate surface area is 197 Å². The summed E-state index contributed by atoms with van der Waals surface area (Å²) in [6, 6.07) is 12.2. The normalized spacial score (nSPS) is 17.9. The maximum absolute atomic E-state index is 13.1. The van der Waals surface area contributed by atoms with Crippen LogP contribution in [-0.2, 0) is 13.1 Å². The number of benzene rings is 2. The lowest BCUT2D eigenvalue weighted by molar-refractivity contribution is 0.0776. The van der Waals surface area contributed by atoms with Crippen molar-refractivity contribution in [2.45, 2.75) is 39.4 Å². The summed E-state index contributed by atoms with van der Waals surface area (Å²) in [5, 5.41) is 14.0. The predicted molar refractivity (Wildman–Crippen MR) is 129 cm³/mol. The lowest BCUT2D eigenvalue weighted by Gasteiger charge is -2.23. The van der Waals surface area contributed by atoms with Crippen molar-refractivity contribution in [2.24, 2.45) is 0 Å². The zero-order chi connectivity index (χ0) is 23.2. The molecule has 172 valence electrons. The molecule has 9 heteroatoms. The van der Waals surface area contributed by atoms with E-state index in [2.05, 4.69) is 62.7 Å². The summed E-state index contributed by atoms with van der Waals surface area (Å²) in [5.74, 6) is 0.668. The van der Waals surface area contributed by atoms with Crippen LogP contribution in [0.25, 0.3) is 11.0 Å². The summed E-state index contributed by atoms with van der Waals surface area (Å²) in [6.07, 6.45) is 2.88. The number of anilines is 2. The first-order chi connectivity index (χ1) is 16.5. The van der Waals surface area contributed by atoms with Crippen LogP contribution >= 0.6 is 0 Å². The van der Waals surface area contributed by atoms with Crippen LogP contribution < -0.4 is 5.32 Å². The van der Waals surface area contributed by atoms with E-state index in [4.69, 9.17) is 4.98 Å². The highest BCUT2D eigenvalue weighted by atomic mass is 16.2. The van der Waals surface area contributed by atoms with Crippen molar-refractivity contribution in [1.29, 1.82) is 0 Å². The minimum Gasteiger partial charge on any atom is -0.337 e. The van der Waals surface area contributed by atoms with E-state index in [1.165, 1.54) is 11.1 Å². The number of hydrogen-bond donors (Lipinski definition) is 2. The fourth-order valence-corrected chi connectivity index (χ4v) is 5.05. The van der Waals surface area contributed by atoms with Gasteiger partial charge in [0.1, 0.15) is 5.52 Å². The molecule has 2 aliphatic rings. The minimum atomic E-state index is 0.0452. The lowest BCUT2D eigenvalue weighted by Crippen LogP contribution is -2.36. The molecule has 1 unspecified atom stereocenters. The molecule has 1 amide bonds. The topological polar surface area (TPSA) is 103 Å². The van der Waals surface area contributed by atoms with E-state index in [9.17, 15) is 4.79 Å². The number of aromatic nitrogens is 5. The van der Waals surface area contributed by atoms with Crippen LogP contribution in [-0.4, -0.2) is 60.2 Å². The Hall–Kier alpha value is -3.85.